The normalized spacial score (nSPS) is 14.4. The highest BCUT2D eigenvalue weighted by Crippen LogP contribution is 2.19. The fraction of sp³-hybridized carbons (Fsp3) is 0.438. The van der Waals surface area contributed by atoms with Crippen molar-refractivity contribution < 1.29 is 9.50 Å². The van der Waals surface area contributed by atoms with Crippen LogP contribution in [0, 0.1) is 11.7 Å². The Kier molecular flexibility index (Phi) is 5.04. The minimum Gasteiger partial charge on any atom is -0.393 e. The lowest BCUT2D eigenvalue weighted by Crippen LogP contribution is -2.23. The molecule has 2 N–H and O–H groups in total. The lowest BCUT2D eigenvalue weighted by molar-refractivity contribution is 0.163. The summed E-state index contributed by atoms with van der Waals surface area (Å²) in [5, 5.41) is 13.2. The van der Waals surface area contributed by atoms with E-state index < -0.39 is 0 Å². The van der Waals surface area contributed by atoms with Gasteiger partial charge in [0.15, 0.2) is 0 Å². The number of rotatable bonds is 6. The highest BCUT2D eigenvalue weighted by molar-refractivity contribution is 5.82. The lowest BCUT2D eigenvalue weighted by Gasteiger charge is -2.14. The van der Waals surface area contributed by atoms with Crippen molar-refractivity contribution in [3.05, 3.63) is 41.8 Å². The molecule has 2 unspecified atom stereocenters. The van der Waals surface area contributed by atoms with E-state index >= 15 is 0 Å². The fourth-order valence-electron chi connectivity index (χ4n) is 2.46. The molecule has 0 amide bonds. The second-order valence-corrected chi connectivity index (χ2v) is 5.43. The summed E-state index contributed by atoms with van der Waals surface area (Å²) in [4.78, 5) is 4.27. The van der Waals surface area contributed by atoms with E-state index in [0.717, 1.165) is 18.5 Å². The Morgan fingerprint density at radius 1 is 1.30 bits per heavy atom. The molecule has 108 valence electrons. The number of hydrogen-bond acceptors (Lipinski definition) is 3. The average molecular weight is 276 g/mol. The van der Waals surface area contributed by atoms with Crippen LogP contribution in [-0.4, -0.2) is 22.7 Å². The minimum atomic E-state index is -0.278. The first-order chi connectivity index (χ1) is 9.58. The van der Waals surface area contributed by atoms with Crippen molar-refractivity contribution in [2.24, 2.45) is 5.92 Å². The average Bonchev–Trinajstić information content (AvgIpc) is 2.41. The second-order valence-electron chi connectivity index (χ2n) is 5.43. The maximum Gasteiger partial charge on any atom is 0.132 e. The molecule has 2 aromatic rings. The molecule has 0 aliphatic carbocycles. The predicted molar refractivity (Wildman–Crippen MR) is 78.9 cm³/mol. The molecular formula is C16H21FN2O. The minimum absolute atomic E-state index is 0.237. The van der Waals surface area contributed by atoms with Gasteiger partial charge < -0.3 is 10.4 Å². The molecule has 2 atom stereocenters. The summed E-state index contributed by atoms with van der Waals surface area (Å²) in [7, 11) is 0. The number of nitrogens with zero attached hydrogens (tertiary/aromatic N) is 1. The molecule has 0 bridgehead atoms. The van der Waals surface area contributed by atoms with Crippen molar-refractivity contribution in [3.63, 3.8) is 0 Å². The predicted octanol–water partition coefficient (Wildman–Crippen LogP) is 2.87. The zero-order chi connectivity index (χ0) is 14.5. The third-order valence-electron chi connectivity index (χ3n) is 3.35. The third-order valence-corrected chi connectivity index (χ3v) is 3.35. The van der Waals surface area contributed by atoms with Gasteiger partial charge >= 0.3 is 0 Å². The first-order valence-electron chi connectivity index (χ1n) is 6.99. The van der Waals surface area contributed by atoms with Crippen molar-refractivity contribution in [2.45, 2.75) is 32.9 Å². The van der Waals surface area contributed by atoms with Gasteiger partial charge in [-0.05, 0) is 49.6 Å². The summed E-state index contributed by atoms with van der Waals surface area (Å²) in [6.07, 6.45) is 2.18. The lowest BCUT2D eigenvalue weighted by atomic mass is 10.0. The topological polar surface area (TPSA) is 45.1 Å². The van der Waals surface area contributed by atoms with E-state index in [1.165, 1.54) is 6.07 Å². The number of hydrogen-bond donors (Lipinski definition) is 2. The summed E-state index contributed by atoms with van der Waals surface area (Å²) in [5.41, 5.74) is 1.70. The van der Waals surface area contributed by atoms with Crippen LogP contribution in [0.1, 0.15) is 25.8 Å². The van der Waals surface area contributed by atoms with Gasteiger partial charge in [-0.2, -0.15) is 0 Å². The van der Waals surface area contributed by atoms with Crippen LogP contribution in [0.2, 0.25) is 0 Å². The second kappa shape index (κ2) is 6.77. The summed E-state index contributed by atoms with van der Waals surface area (Å²) >= 11 is 0. The Morgan fingerprint density at radius 2 is 2.10 bits per heavy atom. The standard InChI is InChI=1S/C16H21FN2O/c1-11(8-12(2)20)9-18-10-13-5-6-15(17)14-4-3-7-19-16(13)14/h3-7,11-12,18,20H,8-10H2,1-2H3. The van der Waals surface area contributed by atoms with Gasteiger partial charge in [-0.25, -0.2) is 4.39 Å². The van der Waals surface area contributed by atoms with Crippen molar-refractivity contribution in [1.29, 1.82) is 0 Å². The van der Waals surface area contributed by atoms with Crippen molar-refractivity contribution in [2.75, 3.05) is 6.54 Å². The number of aliphatic hydroxyl groups excluding tert-OH is 1. The summed E-state index contributed by atoms with van der Waals surface area (Å²) in [6.45, 7) is 5.36. The van der Waals surface area contributed by atoms with Gasteiger partial charge in [0.2, 0.25) is 0 Å². The molecule has 20 heavy (non-hydrogen) atoms. The van der Waals surface area contributed by atoms with Crippen molar-refractivity contribution >= 4 is 10.9 Å². The molecule has 1 aromatic carbocycles. The van der Waals surface area contributed by atoms with Gasteiger partial charge in [0.25, 0.3) is 0 Å². The number of pyridine rings is 1. The van der Waals surface area contributed by atoms with Crippen LogP contribution >= 0.6 is 0 Å². The maximum absolute atomic E-state index is 13.7. The Labute approximate surface area is 118 Å². The highest BCUT2D eigenvalue weighted by atomic mass is 19.1. The summed E-state index contributed by atoms with van der Waals surface area (Å²) in [6, 6.07) is 6.75. The number of aliphatic hydroxyl groups is 1. The van der Waals surface area contributed by atoms with Crippen LogP contribution in [0.25, 0.3) is 10.9 Å². The van der Waals surface area contributed by atoms with Crippen LogP contribution < -0.4 is 5.32 Å². The number of nitrogens with one attached hydrogen (secondary N) is 1. The summed E-state index contributed by atoms with van der Waals surface area (Å²) < 4.78 is 13.7. The Balaban J connectivity index is 2.02. The quantitative estimate of drug-likeness (QED) is 0.852. The zero-order valence-electron chi connectivity index (χ0n) is 11.9. The van der Waals surface area contributed by atoms with Gasteiger partial charge in [0, 0.05) is 18.1 Å². The van der Waals surface area contributed by atoms with Crippen LogP contribution in [-0.2, 0) is 6.54 Å². The SMILES string of the molecule is CC(O)CC(C)CNCc1ccc(F)c2cccnc12. The van der Waals surface area contributed by atoms with Crippen LogP contribution in [0.4, 0.5) is 4.39 Å². The molecule has 0 fully saturated rings. The molecule has 2 rings (SSSR count). The van der Waals surface area contributed by atoms with Gasteiger partial charge in [-0.1, -0.05) is 13.0 Å². The van der Waals surface area contributed by atoms with Gasteiger partial charge in [0.05, 0.1) is 11.6 Å². The van der Waals surface area contributed by atoms with Crippen LogP contribution in [0.3, 0.4) is 0 Å². The van der Waals surface area contributed by atoms with E-state index in [2.05, 4.69) is 17.2 Å². The molecular weight excluding hydrogens is 255 g/mol. The molecule has 4 heteroatoms. The molecule has 3 nitrogen and oxygen atoms in total. The monoisotopic (exact) mass is 276 g/mol. The summed E-state index contributed by atoms with van der Waals surface area (Å²) in [5.74, 6) is 0.161. The van der Waals surface area contributed by atoms with E-state index in [4.69, 9.17) is 0 Å². The molecule has 1 heterocycles. The van der Waals surface area contributed by atoms with E-state index in [1.807, 2.05) is 0 Å². The van der Waals surface area contributed by atoms with Crippen molar-refractivity contribution in [3.8, 4) is 0 Å². The zero-order valence-corrected chi connectivity index (χ0v) is 11.9. The van der Waals surface area contributed by atoms with E-state index in [1.54, 1.807) is 31.3 Å². The molecule has 0 spiro atoms. The molecule has 1 aromatic heterocycles. The smallest absolute Gasteiger partial charge is 0.132 e. The van der Waals surface area contributed by atoms with E-state index in [0.29, 0.717) is 23.4 Å². The molecule has 0 saturated heterocycles. The first kappa shape index (κ1) is 14.9. The first-order valence-corrected chi connectivity index (χ1v) is 6.99. The fourth-order valence-corrected chi connectivity index (χ4v) is 2.46. The maximum atomic E-state index is 13.7. The largest absolute Gasteiger partial charge is 0.393 e. The van der Waals surface area contributed by atoms with E-state index in [9.17, 15) is 9.50 Å². The highest BCUT2D eigenvalue weighted by Gasteiger charge is 2.08. The number of benzene rings is 1. The molecule has 0 radical (unpaired) electrons. The van der Waals surface area contributed by atoms with E-state index in [-0.39, 0.29) is 11.9 Å². The van der Waals surface area contributed by atoms with Gasteiger partial charge in [-0.3, -0.25) is 4.98 Å². The molecule has 0 saturated carbocycles. The Morgan fingerprint density at radius 3 is 2.85 bits per heavy atom. The number of fused-ring (bicyclic) bond motifs is 1. The van der Waals surface area contributed by atoms with Crippen LogP contribution in [0.5, 0.6) is 0 Å². The number of aromatic nitrogens is 1. The Hall–Kier alpha value is -1.52. The molecule has 0 aliphatic rings. The Bertz CT molecular complexity index is 571. The molecule has 0 aliphatic heterocycles. The third kappa shape index (κ3) is 3.74. The van der Waals surface area contributed by atoms with Gasteiger partial charge in [-0.15, -0.1) is 0 Å². The van der Waals surface area contributed by atoms with Gasteiger partial charge in [0.1, 0.15) is 5.82 Å². The number of halogens is 1. The van der Waals surface area contributed by atoms with Crippen molar-refractivity contribution in [1.82, 2.24) is 10.3 Å². The van der Waals surface area contributed by atoms with Crippen LogP contribution in [0.15, 0.2) is 30.5 Å².